The van der Waals surface area contributed by atoms with E-state index in [1.807, 2.05) is 0 Å². The Morgan fingerprint density at radius 3 is 2.23 bits per heavy atom. The largest absolute Gasteiger partial charge is 0.494 e. The van der Waals surface area contributed by atoms with Gasteiger partial charge in [0.1, 0.15) is 5.75 Å². The normalized spacial score (nSPS) is 10.0. The molecule has 0 saturated heterocycles. The Morgan fingerprint density at radius 2 is 1.65 bits per heavy atom. The van der Waals surface area contributed by atoms with Gasteiger partial charge in [0.05, 0.1) is 6.61 Å². The van der Waals surface area contributed by atoms with Crippen LogP contribution in [0, 0.1) is 0 Å². The van der Waals surface area contributed by atoms with Crippen LogP contribution in [0.4, 0.5) is 5.69 Å². The number of primary amides is 1. The highest BCUT2D eigenvalue weighted by Crippen LogP contribution is 2.13. The molecule has 0 aromatic heterocycles. The Labute approximate surface area is 157 Å². The Hall–Kier alpha value is -2.93. The van der Waals surface area contributed by atoms with Crippen molar-refractivity contribution in [3.63, 3.8) is 0 Å². The average molecular weight is 371 g/mol. The molecule has 26 heavy (non-hydrogen) atoms. The highest BCUT2D eigenvalue weighted by Gasteiger charge is 2.08. The standard InChI is InChI=1S/C19H21N3O3S/c1-2-3-12-25-16-10-6-14(7-11-16)18(24)22-19(26)21-15-8-4-13(5-9-15)17(20)23/h4-11H,2-3,12H2,1H3,(H2,20,23)(H2,21,22,24,26). The van der Waals surface area contributed by atoms with Crippen molar-refractivity contribution in [3.8, 4) is 5.75 Å². The molecule has 0 saturated carbocycles. The van der Waals surface area contributed by atoms with Crippen molar-refractivity contribution in [1.29, 1.82) is 0 Å². The molecule has 0 radical (unpaired) electrons. The van der Waals surface area contributed by atoms with E-state index in [9.17, 15) is 9.59 Å². The van der Waals surface area contributed by atoms with E-state index in [2.05, 4.69) is 17.6 Å². The predicted octanol–water partition coefficient (Wildman–Crippen LogP) is 3.09. The first-order chi connectivity index (χ1) is 12.5. The molecule has 2 aromatic carbocycles. The lowest BCUT2D eigenvalue weighted by Crippen LogP contribution is -2.34. The molecule has 2 rings (SSSR count). The van der Waals surface area contributed by atoms with Crippen molar-refractivity contribution in [1.82, 2.24) is 5.32 Å². The third-order valence-corrected chi connectivity index (χ3v) is 3.74. The maximum Gasteiger partial charge on any atom is 0.257 e. The van der Waals surface area contributed by atoms with Gasteiger partial charge in [-0.3, -0.25) is 14.9 Å². The van der Waals surface area contributed by atoms with Crippen molar-refractivity contribution >= 4 is 34.8 Å². The van der Waals surface area contributed by atoms with Gasteiger partial charge in [0.25, 0.3) is 5.91 Å². The molecule has 0 atom stereocenters. The molecular formula is C19H21N3O3S. The summed E-state index contributed by atoms with van der Waals surface area (Å²) in [4.78, 5) is 23.3. The number of rotatable bonds is 7. The lowest BCUT2D eigenvalue weighted by Gasteiger charge is -2.10. The number of hydrogen-bond donors (Lipinski definition) is 3. The van der Waals surface area contributed by atoms with Gasteiger partial charge < -0.3 is 15.8 Å². The summed E-state index contributed by atoms with van der Waals surface area (Å²) in [5, 5.41) is 5.64. The number of hydrogen-bond acceptors (Lipinski definition) is 4. The summed E-state index contributed by atoms with van der Waals surface area (Å²) in [5.74, 6) is -0.101. The molecule has 0 spiro atoms. The number of carbonyl (C=O) groups excluding carboxylic acids is 2. The summed E-state index contributed by atoms with van der Waals surface area (Å²) in [5.41, 5.74) is 6.70. The van der Waals surface area contributed by atoms with E-state index >= 15 is 0 Å². The number of nitrogens with two attached hydrogens (primary N) is 1. The van der Waals surface area contributed by atoms with Crippen molar-refractivity contribution in [2.45, 2.75) is 19.8 Å². The lowest BCUT2D eigenvalue weighted by atomic mass is 10.2. The fourth-order valence-electron chi connectivity index (χ4n) is 2.09. The maximum atomic E-state index is 12.2. The van der Waals surface area contributed by atoms with Crippen molar-refractivity contribution < 1.29 is 14.3 Å². The fourth-order valence-corrected chi connectivity index (χ4v) is 2.30. The first kappa shape index (κ1) is 19.4. The van der Waals surface area contributed by atoms with E-state index in [0.717, 1.165) is 18.6 Å². The van der Waals surface area contributed by atoms with Crippen LogP contribution in [0.25, 0.3) is 0 Å². The van der Waals surface area contributed by atoms with Crippen LogP contribution in [-0.4, -0.2) is 23.5 Å². The third kappa shape index (κ3) is 5.86. The Bertz CT molecular complexity index is 774. The molecule has 0 bridgehead atoms. The van der Waals surface area contributed by atoms with Gasteiger partial charge in [-0.25, -0.2) is 0 Å². The number of nitrogens with one attached hydrogen (secondary N) is 2. The molecule has 0 aliphatic carbocycles. The zero-order valence-corrected chi connectivity index (χ0v) is 15.3. The van der Waals surface area contributed by atoms with Crippen molar-refractivity contribution in [2.24, 2.45) is 5.73 Å². The van der Waals surface area contributed by atoms with Crippen LogP contribution >= 0.6 is 12.2 Å². The number of anilines is 1. The number of unbranched alkanes of at least 4 members (excludes halogenated alkanes) is 1. The van der Waals surface area contributed by atoms with Gasteiger partial charge in [-0.1, -0.05) is 13.3 Å². The number of amides is 2. The summed E-state index contributed by atoms with van der Waals surface area (Å²) in [6, 6.07) is 13.3. The Balaban J connectivity index is 1.88. The van der Waals surface area contributed by atoms with Crippen LogP contribution in [0.15, 0.2) is 48.5 Å². The molecule has 0 unspecified atom stereocenters. The fraction of sp³-hybridized carbons (Fsp3) is 0.211. The lowest BCUT2D eigenvalue weighted by molar-refractivity contribution is 0.0975. The van der Waals surface area contributed by atoms with E-state index in [0.29, 0.717) is 23.4 Å². The van der Waals surface area contributed by atoms with E-state index in [1.165, 1.54) is 0 Å². The molecule has 2 aromatic rings. The summed E-state index contributed by atoms with van der Waals surface area (Å²) < 4.78 is 5.56. The number of carbonyl (C=O) groups is 2. The summed E-state index contributed by atoms with van der Waals surface area (Å²) in [7, 11) is 0. The molecule has 0 fully saturated rings. The Morgan fingerprint density at radius 1 is 1.04 bits per heavy atom. The second-order valence-corrected chi connectivity index (χ2v) is 5.98. The van der Waals surface area contributed by atoms with Crippen LogP contribution in [0.1, 0.15) is 40.5 Å². The third-order valence-electron chi connectivity index (χ3n) is 3.54. The van der Waals surface area contributed by atoms with E-state index < -0.39 is 5.91 Å². The van der Waals surface area contributed by atoms with Crippen LogP contribution in [0.5, 0.6) is 5.75 Å². The van der Waals surface area contributed by atoms with Gasteiger partial charge in [0.2, 0.25) is 5.91 Å². The van der Waals surface area contributed by atoms with Crippen molar-refractivity contribution in [3.05, 3.63) is 59.7 Å². The van der Waals surface area contributed by atoms with E-state index in [4.69, 9.17) is 22.7 Å². The summed E-state index contributed by atoms with van der Waals surface area (Å²) in [6.07, 6.45) is 2.05. The van der Waals surface area contributed by atoms with Crippen LogP contribution in [-0.2, 0) is 0 Å². The van der Waals surface area contributed by atoms with Gasteiger partial charge in [-0.15, -0.1) is 0 Å². The molecule has 0 heterocycles. The number of ether oxygens (including phenoxy) is 1. The van der Waals surface area contributed by atoms with Gasteiger partial charge in [0.15, 0.2) is 5.11 Å². The monoisotopic (exact) mass is 371 g/mol. The molecule has 7 heteroatoms. The van der Waals surface area contributed by atoms with E-state index in [1.54, 1.807) is 48.5 Å². The highest BCUT2D eigenvalue weighted by molar-refractivity contribution is 7.80. The van der Waals surface area contributed by atoms with Crippen molar-refractivity contribution in [2.75, 3.05) is 11.9 Å². The summed E-state index contributed by atoms with van der Waals surface area (Å²) >= 11 is 5.13. The number of benzene rings is 2. The minimum Gasteiger partial charge on any atom is -0.494 e. The molecule has 0 aliphatic rings. The minimum atomic E-state index is -0.505. The molecule has 2 amide bonds. The molecule has 0 aliphatic heterocycles. The first-order valence-corrected chi connectivity index (χ1v) is 8.65. The molecular weight excluding hydrogens is 350 g/mol. The second kappa shape index (κ2) is 9.53. The topological polar surface area (TPSA) is 93.4 Å². The van der Waals surface area contributed by atoms with Crippen LogP contribution in [0.2, 0.25) is 0 Å². The minimum absolute atomic E-state index is 0.157. The quantitative estimate of drug-likeness (QED) is 0.514. The maximum absolute atomic E-state index is 12.2. The number of thiocarbonyl (C=S) groups is 1. The smallest absolute Gasteiger partial charge is 0.257 e. The predicted molar refractivity (Wildman–Crippen MR) is 105 cm³/mol. The van der Waals surface area contributed by atoms with Crippen LogP contribution < -0.4 is 21.1 Å². The second-order valence-electron chi connectivity index (χ2n) is 5.58. The summed E-state index contributed by atoms with van der Waals surface area (Å²) in [6.45, 7) is 2.75. The average Bonchev–Trinajstić information content (AvgIpc) is 2.62. The zero-order valence-electron chi connectivity index (χ0n) is 14.5. The molecule has 136 valence electrons. The van der Waals surface area contributed by atoms with E-state index in [-0.39, 0.29) is 11.0 Å². The zero-order chi connectivity index (χ0) is 18.9. The van der Waals surface area contributed by atoms with Crippen LogP contribution in [0.3, 0.4) is 0 Å². The first-order valence-electron chi connectivity index (χ1n) is 8.24. The van der Waals surface area contributed by atoms with Gasteiger partial charge in [0, 0.05) is 16.8 Å². The van der Waals surface area contributed by atoms with Gasteiger partial charge >= 0.3 is 0 Å². The van der Waals surface area contributed by atoms with Gasteiger partial charge in [-0.05, 0) is 67.2 Å². The Kier molecular flexibility index (Phi) is 7.11. The SMILES string of the molecule is CCCCOc1ccc(C(=O)NC(=S)Nc2ccc(C(N)=O)cc2)cc1. The molecule has 6 nitrogen and oxygen atoms in total. The highest BCUT2D eigenvalue weighted by atomic mass is 32.1. The van der Waals surface area contributed by atoms with Gasteiger partial charge in [-0.2, -0.15) is 0 Å². The molecule has 4 N–H and O–H groups in total.